The van der Waals surface area contributed by atoms with Crippen molar-refractivity contribution in [2.24, 2.45) is 5.73 Å². The Bertz CT molecular complexity index is 538. The number of aryl methyl sites for hydroxylation is 1. The number of carbonyl (C=O) groups is 1. The van der Waals surface area contributed by atoms with Crippen LogP contribution in [0.3, 0.4) is 0 Å². The molecule has 1 amide bonds. The molecule has 0 aromatic heterocycles. The van der Waals surface area contributed by atoms with Gasteiger partial charge in [0.1, 0.15) is 0 Å². The fourth-order valence-corrected chi connectivity index (χ4v) is 3.13. The van der Waals surface area contributed by atoms with E-state index in [-0.39, 0.29) is 0 Å². The van der Waals surface area contributed by atoms with Gasteiger partial charge in [-0.25, -0.2) is 8.42 Å². The lowest BCUT2D eigenvalue weighted by molar-refractivity contribution is -0.120. The van der Waals surface area contributed by atoms with Crippen molar-refractivity contribution >= 4 is 15.9 Å². The average molecular weight is 282 g/mol. The normalized spacial score (nSPS) is 16.9. The van der Waals surface area contributed by atoms with Gasteiger partial charge >= 0.3 is 0 Å². The molecule has 0 saturated heterocycles. The van der Waals surface area contributed by atoms with Gasteiger partial charge in [-0.1, -0.05) is 30.3 Å². The molecule has 1 aliphatic carbocycles. The number of hydrogen-bond acceptors (Lipinski definition) is 4. The molecule has 19 heavy (non-hydrogen) atoms. The summed E-state index contributed by atoms with van der Waals surface area (Å²) >= 11 is 0. The number of sulfonamides is 1. The zero-order valence-electron chi connectivity index (χ0n) is 10.6. The molecule has 104 valence electrons. The summed E-state index contributed by atoms with van der Waals surface area (Å²) in [5.41, 5.74) is 6.80. The van der Waals surface area contributed by atoms with Crippen LogP contribution >= 0.6 is 0 Å². The molecule has 5 nitrogen and oxygen atoms in total. The summed E-state index contributed by atoms with van der Waals surface area (Å²) < 4.78 is 25.3. The Morgan fingerprint density at radius 2 is 1.95 bits per heavy atom. The zero-order chi connectivity index (χ0) is 13.9. The third-order valence-electron chi connectivity index (χ3n) is 3.13. The van der Waals surface area contributed by atoms with Crippen LogP contribution in [0.4, 0.5) is 0 Å². The van der Waals surface area contributed by atoms with E-state index in [2.05, 4.69) is 4.72 Å². The molecular formula is C13H18N2O3S. The van der Waals surface area contributed by atoms with Gasteiger partial charge in [0.05, 0.1) is 11.3 Å². The van der Waals surface area contributed by atoms with Crippen LogP contribution in [0.1, 0.15) is 24.8 Å². The minimum atomic E-state index is -3.49. The summed E-state index contributed by atoms with van der Waals surface area (Å²) in [6.45, 7) is 0. The first-order chi connectivity index (χ1) is 8.99. The molecule has 3 N–H and O–H groups in total. The lowest BCUT2D eigenvalue weighted by Crippen LogP contribution is -2.44. The third-order valence-corrected chi connectivity index (χ3v) is 4.96. The Morgan fingerprint density at radius 1 is 1.32 bits per heavy atom. The van der Waals surface area contributed by atoms with E-state index in [1.807, 2.05) is 30.3 Å². The first-order valence-corrected chi connectivity index (χ1v) is 7.88. The van der Waals surface area contributed by atoms with Gasteiger partial charge in [-0.3, -0.25) is 9.52 Å². The number of carbonyl (C=O) groups excluding carboxylic acids is 1. The van der Waals surface area contributed by atoms with Gasteiger partial charge in [0.25, 0.3) is 0 Å². The second-order valence-electron chi connectivity index (χ2n) is 4.84. The second kappa shape index (κ2) is 5.71. The predicted octanol–water partition coefficient (Wildman–Crippen LogP) is 0.555. The molecule has 1 aromatic rings. The van der Waals surface area contributed by atoms with Crippen LogP contribution in [0.5, 0.6) is 0 Å². The quantitative estimate of drug-likeness (QED) is 0.797. The number of hydrogen-bond donors (Lipinski definition) is 2. The molecule has 1 fully saturated rings. The van der Waals surface area contributed by atoms with Crippen LogP contribution < -0.4 is 10.5 Å². The minimum Gasteiger partial charge on any atom is -0.320 e. The first-order valence-electron chi connectivity index (χ1n) is 6.34. The molecule has 0 aliphatic heterocycles. The van der Waals surface area contributed by atoms with Gasteiger partial charge in [0.2, 0.25) is 15.9 Å². The topological polar surface area (TPSA) is 89.3 Å². The van der Waals surface area contributed by atoms with Crippen molar-refractivity contribution in [3.63, 3.8) is 0 Å². The van der Waals surface area contributed by atoms with E-state index < -0.39 is 27.2 Å². The monoisotopic (exact) mass is 282 g/mol. The lowest BCUT2D eigenvalue weighted by Gasteiger charge is -2.12. The highest BCUT2D eigenvalue weighted by molar-refractivity contribution is 7.90. The standard InChI is InChI=1S/C13H18N2O3S/c14-12(9-6-10-4-2-1-3-5-10)13(16)15-19(17,18)11-7-8-11/h1-5,11-12H,6-9,14H2,(H,15,16)/t12-/m0/s1. The lowest BCUT2D eigenvalue weighted by atomic mass is 10.1. The summed E-state index contributed by atoms with van der Waals surface area (Å²) in [6, 6.07) is 8.85. The van der Waals surface area contributed by atoms with Crippen molar-refractivity contribution < 1.29 is 13.2 Å². The Labute approximate surface area is 113 Å². The molecule has 1 aliphatic rings. The predicted molar refractivity (Wildman–Crippen MR) is 72.8 cm³/mol. The van der Waals surface area contributed by atoms with Crippen LogP contribution in [-0.4, -0.2) is 25.6 Å². The summed E-state index contributed by atoms with van der Waals surface area (Å²) in [7, 11) is -3.49. The van der Waals surface area contributed by atoms with E-state index in [4.69, 9.17) is 5.73 Å². The highest BCUT2D eigenvalue weighted by Gasteiger charge is 2.37. The first kappa shape index (κ1) is 14.0. The van der Waals surface area contributed by atoms with Crippen molar-refractivity contribution in [1.29, 1.82) is 0 Å². The molecule has 0 heterocycles. The molecule has 0 spiro atoms. The average Bonchev–Trinajstić information content (AvgIpc) is 3.21. The second-order valence-corrected chi connectivity index (χ2v) is 6.80. The highest BCUT2D eigenvalue weighted by Crippen LogP contribution is 2.27. The third kappa shape index (κ3) is 4.04. The summed E-state index contributed by atoms with van der Waals surface area (Å²) in [5.74, 6) is -0.608. The molecule has 0 bridgehead atoms. The van der Waals surface area contributed by atoms with E-state index in [9.17, 15) is 13.2 Å². The van der Waals surface area contributed by atoms with E-state index in [0.717, 1.165) is 5.56 Å². The maximum absolute atomic E-state index is 11.7. The van der Waals surface area contributed by atoms with Crippen LogP contribution in [0.2, 0.25) is 0 Å². The van der Waals surface area contributed by atoms with Crippen molar-refractivity contribution in [2.75, 3.05) is 0 Å². The van der Waals surface area contributed by atoms with Crippen molar-refractivity contribution in [2.45, 2.75) is 37.0 Å². The molecule has 0 radical (unpaired) electrons. The Kier molecular flexibility index (Phi) is 4.21. The van der Waals surface area contributed by atoms with Crippen LogP contribution in [-0.2, 0) is 21.2 Å². The smallest absolute Gasteiger partial charge is 0.250 e. The summed E-state index contributed by atoms with van der Waals surface area (Å²) in [5, 5.41) is -0.405. The summed E-state index contributed by atoms with van der Waals surface area (Å²) in [6.07, 6.45) is 2.33. The van der Waals surface area contributed by atoms with Crippen LogP contribution in [0.25, 0.3) is 0 Å². The Hall–Kier alpha value is -1.40. The van der Waals surface area contributed by atoms with E-state index in [1.165, 1.54) is 0 Å². The fourth-order valence-electron chi connectivity index (χ4n) is 1.78. The van der Waals surface area contributed by atoms with E-state index >= 15 is 0 Å². The number of nitrogens with one attached hydrogen (secondary N) is 1. The van der Waals surface area contributed by atoms with Gasteiger partial charge in [-0.05, 0) is 31.2 Å². The zero-order valence-corrected chi connectivity index (χ0v) is 11.4. The molecule has 0 unspecified atom stereocenters. The minimum absolute atomic E-state index is 0.405. The molecule has 1 atom stereocenters. The number of rotatable bonds is 6. The van der Waals surface area contributed by atoms with Gasteiger partial charge in [-0.15, -0.1) is 0 Å². The van der Waals surface area contributed by atoms with E-state index in [1.54, 1.807) is 0 Å². The molecule has 6 heteroatoms. The maximum Gasteiger partial charge on any atom is 0.250 e. The number of amides is 1. The number of nitrogens with two attached hydrogens (primary N) is 1. The summed E-state index contributed by atoms with van der Waals surface area (Å²) in [4.78, 5) is 11.7. The largest absolute Gasteiger partial charge is 0.320 e. The molecule has 2 rings (SSSR count). The van der Waals surface area contributed by atoms with Crippen molar-refractivity contribution in [1.82, 2.24) is 4.72 Å². The highest BCUT2D eigenvalue weighted by atomic mass is 32.2. The molecule has 1 aromatic carbocycles. The SMILES string of the molecule is N[C@@H](CCc1ccccc1)C(=O)NS(=O)(=O)C1CC1. The fraction of sp³-hybridized carbons (Fsp3) is 0.462. The van der Waals surface area contributed by atoms with E-state index in [0.29, 0.717) is 25.7 Å². The maximum atomic E-state index is 11.7. The Balaban J connectivity index is 1.82. The van der Waals surface area contributed by atoms with Gasteiger partial charge < -0.3 is 5.73 Å². The van der Waals surface area contributed by atoms with Crippen molar-refractivity contribution in [3.8, 4) is 0 Å². The van der Waals surface area contributed by atoms with Gasteiger partial charge in [0, 0.05) is 0 Å². The van der Waals surface area contributed by atoms with Crippen LogP contribution in [0, 0.1) is 0 Å². The van der Waals surface area contributed by atoms with Gasteiger partial charge in [0.15, 0.2) is 0 Å². The van der Waals surface area contributed by atoms with Gasteiger partial charge in [-0.2, -0.15) is 0 Å². The number of benzene rings is 1. The molecular weight excluding hydrogens is 264 g/mol. The molecule has 1 saturated carbocycles. The van der Waals surface area contributed by atoms with Crippen LogP contribution in [0.15, 0.2) is 30.3 Å². The van der Waals surface area contributed by atoms with Crippen molar-refractivity contribution in [3.05, 3.63) is 35.9 Å². The Morgan fingerprint density at radius 3 is 2.53 bits per heavy atom.